The van der Waals surface area contributed by atoms with Gasteiger partial charge in [-0.15, -0.1) is 0 Å². The fourth-order valence-corrected chi connectivity index (χ4v) is 3.94. The number of carbonyl (C=O) groups excluding carboxylic acids is 1. The molecule has 1 aromatic carbocycles. The Hall–Kier alpha value is -1.79. The largest absolute Gasteiger partial charge is 0.454 e. The molecule has 1 unspecified atom stereocenters. The fraction of sp³-hybridized carbons (Fsp3) is 0.632. The summed E-state index contributed by atoms with van der Waals surface area (Å²) >= 11 is 0. The Morgan fingerprint density at radius 1 is 1.20 bits per heavy atom. The minimum absolute atomic E-state index is 0.0121. The molecule has 1 saturated carbocycles. The maximum Gasteiger partial charge on any atom is 0.231 e. The number of nitrogens with zero attached hydrogens (tertiary/aromatic N) is 1. The molecule has 1 aromatic rings. The van der Waals surface area contributed by atoms with Gasteiger partial charge < -0.3 is 24.4 Å². The van der Waals surface area contributed by atoms with Crippen LogP contribution in [0.3, 0.4) is 0 Å². The van der Waals surface area contributed by atoms with Crippen LogP contribution in [0.4, 0.5) is 0 Å². The van der Waals surface area contributed by atoms with Gasteiger partial charge in [0.25, 0.3) is 0 Å². The number of morpholine rings is 1. The second-order valence-corrected chi connectivity index (χ2v) is 7.05. The monoisotopic (exact) mass is 346 g/mol. The summed E-state index contributed by atoms with van der Waals surface area (Å²) in [4.78, 5) is 15.1. The number of hydrogen-bond acceptors (Lipinski definition) is 5. The number of rotatable bonds is 5. The summed E-state index contributed by atoms with van der Waals surface area (Å²) in [7, 11) is 0. The second-order valence-electron chi connectivity index (χ2n) is 7.05. The van der Waals surface area contributed by atoms with E-state index in [1.54, 1.807) is 0 Å². The van der Waals surface area contributed by atoms with Crippen molar-refractivity contribution in [1.29, 1.82) is 0 Å². The zero-order chi connectivity index (χ0) is 17.1. The van der Waals surface area contributed by atoms with Gasteiger partial charge >= 0.3 is 0 Å². The van der Waals surface area contributed by atoms with Crippen LogP contribution in [0.25, 0.3) is 0 Å². The zero-order valence-electron chi connectivity index (χ0n) is 14.5. The number of nitrogens with one attached hydrogen (secondary N) is 1. The van der Waals surface area contributed by atoms with Crippen molar-refractivity contribution in [2.45, 2.75) is 50.8 Å². The van der Waals surface area contributed by atoms with Crippen molar-refractivity contribution in [3.8, 4) is 11.5 Å². The van der Waals surface area contributed by atoms with E-state index in [1.165, 1.54) is 12.8 Å². The summed E-state index contributed by atoms with van der Waals surface area (Å²) in [5.74, 6) is 1.75. The van der Waals surface area contributed by atoms with E-state index < -0.39 is 0 Å². The third-order valence-electron chi connectivity index (χ3n) is 5.28. The van der Waals surface area contributed by atoms with Crippen molar-refractivity contribution in [3.63, 3.8) is 0 Å². The molecule has 6 heteroatoms. The van der Waals surface area contributed by atoms with Gasteiger partial charge in [-0.2, -0.15) is 0 Å². The highest BCUT2D eigenvalue weighted by Crippen LogP contribution is 2.34. The Bertz CT molecular complexity index is 609. The molecule has 2 fully saturated rings. The molecule has 1 amide bonds. The van der Waals surface area contributed by atoms with E-state index in [0.717, 1.165) is 43.0 Å². The van der Waals surface area contributed by atoms with Crippen LogP contribution in [0.1, 0.15) is 37.7 Å². The molecule has 25 heavy (non-hydrogen) atoms. The Labute approximate surface area is 148 Å². The molecular weight excluding hydrogens is 320 g/mol. The Morgan fingerprint density at radius 3 is 2.84 bits per heavy atom. The molecule has 1 N–H and O–H groups in total. The van der Waals surface area contributed by atoms with E-state index >= 15 is 0 Å². The molecular formula is C19H26N2O4. The van der Waals surface area contributed by atoms with E-state index in [1.807, 2.05) is 18.2 Å². The normalized spacial score (nSPS) is 23.0. The lowest BCUT2D eigenvalue weighted by Gasteiger charge is -2.32. The van der Waals surface area contributed by atoms with Crippen LogP contribution in [0.2, 0.25) is 0 Å². The zero-order valence-corrected chi connectivity index (χ0v) is 14.5. The Kier molecular flexibility index (Phi) is 5.08. The summed E-state index contributed by atoms with van der Waals surface area (Å²) in [6.07, 6.45) is 5.05. The molecule has 0 spiro atoms. The molecule has 2 heterocycles. The lowest BCUT2D eigenvalue weighted by Crippen LogP contribution is -2.44. The number of carbonyl (C=O) groups is 1. The van der Waals surface area contributed by atoms with Gasteiger partial charge in [0.15, 0.2) is 11.5 Å². The molecule has 1 aliphatic carbocycles. The third kappa shape index (κ3) is 3.90. The predicted molar refractivity (Wildman–Crippen MR) is 92.6 cm³/mol. The third-order valence-corrected chi connectivity index (χ3v) is 5.28. The van der Waals surface area contributed by atoms with Gasteiger partial charge in [0.05, 0.1) is 19.1 Å². The highest BCUT2D eigenvalue weighted by molar-refractivity contribution is 5.77. The number of fused-ring (bicyclic) bond motifs is 1. The van der Waals surface area contributed by atoms with Gasteiger partial charge in [-0.3, -0.25) is 4.79 Å². The van der Waals surface area contributed by atoms with E-state index in [2.05, 4.69) is 10.2 Å². The SMILES string of the molecule is O=C(CC1CNCCO1)N(Cc1ccc2c(c1)OCO2)C1CCCC1. The van der Waals surface area contributed by atoms with Gasteiger partial charge in [0, 0.05) is 25.7 Å². The number of ether oxygens (including phenoxy) is 3. The second kappa shape index (κ2) is 7.62. The molecule has 136 valence electrons. The lowest BCUT2D eigenvalue weighted by atomic mass is 10.1. The molecule has 0 radical (unpaired) electrons. The van der Waals surface area contributed by atoms with Crippen LogP contribution in [0.5, 0.6) is 11.5 Å². The average Bonchev–Trinajstić information content (AvgIpc) is 3.31. The van der Waals surface area contributed by atoms with Crippen LogP contribution in [-0.4, -0.2) is 49.4 Å². The van der Waals surface area contributed by atoms with E-state index in [4.69, 9.17) is 14.2 Å². The first-order valence-electron chi connectivity index (χ1n) is 9.30. The number of amides is 1. The lowest BCUT2D eigenvalue weighted by molar-refractivity contribution is -0.137. The van der Waals surface area contributed by atoms with Crippen LogP contribution in [0, 0.1) is 0 Å². The average molecular weight is 346 g/mol. The smallest absolute Gasteiger partial charge is 0.231 e. The van der Waals surface area contributed by atoms with Crippen molar-refractivity contribution in [3.05, 3.63) is 23.8 Å². The molecule has 0 bridgehead atoms. The standard InChI is InChI=1S/C19H26N2O4/c22-19(10-16-11-20-7-8-23-16)21(15-3-1-2-4-15)12-14-5-6-17-18(9-14)25-13-24-17/h5-6,9,15-16,20H,1-4,7-8,10-13H2. The molecule has 1 atom stereocenters. The molecule has 3 aliphatic rings. The molecule has 1 saturated heterocycles. The first-order chi connectivity index (χ1) is 12.3. The summed E-state index contributed by atoms with van der Waals surface area (Å²) in [5, 5.41) is 3.30. The molecule has 2 aliphatic heterocycles. The van der Waals surface area contributed by atoms with Crippen molar-refractivity contribution >= 4 is 5.91 Å². The van der Waals surface area contributed by atoms with E-state index in [9.17, 15) is 4.79 Å². The highest BCUT2D eigenvalue weighted by Gasteiger charge is 2.29. The quantitative estimate of drug-likeness (QED) is 0.884. The van der Waals surface area contributed by atoms with Crippen molar-refractivity contribution in [2.24, 2.45) is 0 Å². The summed E-state index contributed by atoms with van der Waals surface area (Å²) in [6.45, 7) is 3.21. The number of hydrogen-bond donors (Lipinski definition) is 1. The minimum Gasteiger partial charge on any atom is -0.454 e. The van der Waals surface area contributed by atoms with Gasteiger partial charge in [-0.25, -0.2) is 0 Å². The van der Waals surface area contributed by atoms with Crippen molar-refractivity contribution < 1.29 is 19.0 Å². The first-order valence-corrected chi connectivity index (χ1v) is 9.30. The van der Waals surface area contributed by atoms with Gasteiger partial charge in [0.1, 0.15) is 0 Å². The molecule has 6 nitrogen and oxygen atoms in total. The van der Waals surface area contributed by atoms with Gasteiger partial charge in [-0.1, -0.05) is 18.9 Å². The summed E-state index contributed by atoms with van der Waals surface area (Å²) in [6, 6.07) is 6.30. The molecule has 0 aromatic heterocycles. The highest BCUT2D eigenvalue weighted by atomic mass is 16.7. The van der Waals surface area contributed by atoms with Crippen molar-refractivity contribution in [1.82, 2.24) is 10.2 Å². The van der Waals surface area contributed by atoms with E-state index in [0.29, 0.717) is 25.6 Å². The Morgan fingerprint density at radius 2 is 2.04 bits per heavy atom. The topological polar surface area (TPSA) is 60.0 Å². The first kappa shape index (κ1) is 16.7. The predicted octanol–water partition coefficient (Wildman–Crippen LogP) is 2.06. The summed E-state index contributed by atoms with van der Waals surface area (Å²) in [5.41, 5.74) is 1.09. The number of benzene rings is 1. The Balaban J connectivity index is 1.46. The van der Waals surface area contributed by atoms with Gasteiger partial charge in [-0.05, 0) is 30.5 Å². The molecule has 4 rings (SSSR count). The summed E-state index contributed by atoms with van der Waals surface area (Å²) < 4.78 is 16.6. The van der Waals surface area contributed by atoms with Crippen molar-refractivity contribution in [2.75, 3.05) is 26.5 Å². The van der Waals surface area contributed by atoms with E-state index in [-0.39, 0.29) is 18.8 Å². The minimum atomic E-state index is -0.0121. The van der Waals surface area contributed by atoms with Crippen LogP contribution in [0.15, 0.2) is 18.2 Å². The maximum absolute atomic E-state index is 13.0. The van der Waals surface area contributed by atoms with Crippen LogP contribution >= 0.6 is 0 Å². The van der Waals surface area contributed by atoms with Crippen LogP contribution < -0.4 is 14.8 Å². The van der Waals surface area contributed by atoms with Crippen LogP contribution in [-0.2, 0) is 16.1 Å². The van der Waals surface area contributed by atoms with Gasteiger partial charge in [0.2, 0.25) is 12.7 Å². The maximum atomic E-state index is 13.0. The fourth-order valence-electron chi connectivity index (χ4n) is 3.94.